The zero-order chi connectivity index (χ0) is 37.9. The summed E-state index contributed by atoms with van der Waals surface area (Å²) >= 11 is 0. The van der Waals surface area contributed by atoms with Crippen molar-refractivity contribution in [3.8, 4) is 0 Å². The number of aromatic nitrogens is 3. The number of pyridine rings is 1. The van der Waals surface area contributed by atoms with Gasteiger partial charge in [0.15, 0.2) is 5.82 Å². The lowest BCUT2D eigenvalue weighted by atomic mass is 10.1. The Morgan fingerprint density at radius 1 is 0.907 bits per heavy atom. The summed E-state index contributed by atoms with van der Waals surface area (Å²) in [5, 5.41) is 2.92. The zero-order valence-electron chi connectivity index (χ0n) is 30.8. The van der Waals surface area contributed by atoms with Crippen molar-refractivity contribution in [3.63, 3.8) is 0 Å². The molecule has 4 heterocycles. The molecule has 0 atom stereocenters. The Morgan fingerprint density at radius 2 is 1.63 bits per heavy atom. The third-order valence-electron chi connectivity index (χ3n) is 10.7. The summed E-state index contributed by atoms with van der Waals surface area (Å²) in [5.41, 5.74) is 1.000. The molecule has 15 heteroatoms. The molecule has 0 unspecified atom stereocenters. The van der Waals surface area contributed by atoms with Gasteiger partial charge in [-0.1, -0.05) is 6.07 Å². The normalized spacial score (nSPS) is 16.9. The van der Waals surface area contributed by atoms with Crippen LogP contribution in [-0.4, -0.2) is 102 Å². The Kier molecular flexibility index (Phi) is 11.3. The van der Waals surface area contributed by atoms with Crippen LogP contribution in [0.1, 0.15) is 53.2 Å². The van der Waals surface area contributed by atoms with E-state index in [1.54, 1.807) is 9.47 Å². The number of halogens is 2. The number of anilines is 3. The first-order valence-corrected chi connectivity index (χ1v) is 18.8. The number of esters is 1. The summed E-state index contributed by atoms with van der Waals surface area (Å²) in [6.45, 7) is 10.1. The first kappa shape index (κ1) is 37.5. The number of nitrogens with one attached hydrogen (secondary N) is 2. The lowest BCUT2D eigenvalue weighted by Gasteiger charge is -2.36. The molecule has 0 bridgehead atoms. The molecule has 3 fully saturated rings. The SMILES string of the molecule is Cc1ccc(Nc2cc(=O)n(CCCCN3CCN(c4c(F)cc5c(=O)c(C(=O)OCCN6CCOCC6)cn(C6CC6)c5c4F)CC3)c(=O)[nH]2)cc1C. The van der Waals surface area contributed by atoms with E-state index >= 15 is 8.78 Å². The number of ether oxygens (including phenoxy) is 2. The minimum absolute atomic E-state index is 0.00508. The highest BCUT2D eigenvalue weighted by molar-refractivity contribution is 5.95. The number of piperazine rings is 1. The number of hydrogen-bond acceptors (Lipinski definition) is 10. The van der Waals surface area contributed by atoms with E-state index in [0.29, 0.717) is 64.7 Å². The van der Waals surface area contributed by atoms with Crippen LogP contribution >= 0.6 is 0 Å². The first-order valence-electron chi connectivity index (χ1n) is 18.8. The van der Waals surface area contributed by atoms with Gasteiger partial charge in [0.1, 0.15) is 29.5 Å². The molecule has 7 rings (SSSR count). The largest absolute Gasteiger partial charge is 0.461 e. The molecule has 13 nitrogen and oxygen atoms in total. The molecular formula is C39H47F2N7O6. The topological polar surface area (TPSA) is 134 Å². The van der Waals surface area contributed by atoms with Gasteiger partial charge in [-0.15, -0.1) is 0 Å². The molecular weight excluding hydrogens is 700 g/mol. The van der Waals surface area contributed by atoms with Gasteiger partial charge in [-0.3, -0.25) is 28.9 Å². The molecule has 4 aromatic rings. The van der Waals surface area contributed by atoms with Crippen molar-refractivity contribution in [1.82, 2.24) is 23.9 Å². The summed E-state index contributed by atoms with van der Waals surface area (Å²) in [5.74, 6) is -2.13. The fourth-order valence-electron chi connectivity index (χ4n) is 7.25. The van der Waals surface area contributed by atoms with E-state index in [1.165, 1.54) is 16.8 Å². The predicted molar refractivity (Wildman–Crippen MR) is 202 cm³/mol. The molecule has 2 aromatic carbocycles. The van der Waals surface area contributed by atoms with Gasteiger partial charge < -0.3 is 24.3 Å². The maximum absolute atomic E-state index is 16.4. The third kappa shape index (κ3) is 8.27. The Labute approximate surface area is 311 Å². The number of carbonyl (C=O) groups is 1. The summed E-state index contributed by atoms with van der Waals surface area (Å²) in [6.07, 6.45) is 4.21. The van der Waals surface area contributed by atoms with Crippen LogP contribution < -0.4 is 26.9 Å². The average Bonchev–Trinajstić information content (AvgIpc) is 4.00. The van der Waals surface area contributed by atoms with Crippen molar-refractivity contribution in [3.05, 3.63) is 95.9 Å². The number of H-pyrrole nitrogens is 1. The van der Waals surface area contributed by atoms with Crippen LogP contribution in [-0.2, 0) is 16.0 Å². The van der Waals surface area contributed by atoms with Crippen LogP contribution in [0.5, 0.6) is 0 Å². The van der Waals surface area contributed by atoms with Crippen molar-refractivity contribution in [1.29, 1.82) is 0 Å². The van der Waals surface area contributed by atoms with Crippen LogP contribution in [0.2, 0.25) is 0 Å². The maximum atomic E-state index is 16.4. The van der Waals surface area contributed by atoms with Gasteiger partial charge in [0, 0.05) is 76.4 Å². The predicted octanol–water partition coefficient (Wildman–Crippen LogP) is 3.92. The second kappa shape index (κ2) is 16.2. The Bertz CT molecular complexity index is 2170. The number of fused-ring (bicyclic) bond motifs is 1. The van der Waals surface area contributed by atoms with Gasteiger partial charge in [0.25, 0.3) is 5.56 Å². The number of aryl methyl sites for hydroxylation is 2. The van der Waals surface area contributed by atoms with Crippen molar-refractivity contribution >= 4 is 34.1 Å². The molecule has 288 valence electrons. The molecule has 3 aliphatic rings. The van der Waals surface area contributed by atoms with E-state index in [4.69, 9.17) is 9.47 Å². The number of benzene rings is 2. The lowest BCUT2D eigenvalue weighted by molar-refractivity contribution is 0.0195. The molecule has 2 saturated heterocycles. The minimum atomic E-state index is -0.850. The number of morpholine rings is 1. The molecule has 1 saturated carbocycles. The number of hydrogen-bond donors (Lipinski definition) is 2. The third-order valence-corrected chi connectivity index (χ3v) is 10.7. The average molecular weight is 748 g/mol. The quantitative estimate of drug-likeness (QED) is 0.153. The highest BCUT2D eigenvalue weighted by atomic mass is 19.1. The molecule has 2 aromatic heterocycles. The van der Waals surface area contributed by atoms with E-state index in [1.807, 2.05) is 32.0 Å². The summed E-state index contributed by atoms with van der Waals surface area (Å²) < 4.78 is 45.7. The maximum Gasteiger partial charge on any atom is 0.343 e. The second-order valence-corrected chi connectivity index (χ2v) is 14.5. The van der Waals surface area contributed by atoms with Crippen LogP contribution in [0.4, 0.5) is 26.0 Å². The van der Waals surface area contributed by atoms with Crippen molar-refractivity contribution < 1.29 is 23.0 Å². The number of nitrogens with zero attached hydrogens (tertiary/aromatic N) is 5. The molecule has 0 radical (unpaired) electrons. The molecule has 2 N–H and O–H groups in total. The van der Waals surface area contributed by atoms with E-state index in [-0.39, 0.29) is 46.9 Å². The Hall–Kier alpha value is -4.86. The minimum Gasteiger partial charge on any atom is -0.461 e. The molecule has 1 aliphatic carbocycles. The van der Waals surface area contributed by atoms with Crippen LogP contribution in [0.25, 0.3) is 10.9 Å². The van der Waals surface area contributed by atoms with Crippen molar-refractivity contribution in [2.75, 3.05) is 82.4 Å². The van der Waals surface area contributed by atoms with E-state index in [2.05, 4.69) is 20.1 Å². The van der Waals surface area contributed by atoms with Crippen LogP contribution in [0, 0.1) is 25.5 Å². The highest BCUT2D eigenvalue weighted by Crippen LogP contribution is 2.40. The molecule has 54 heavy (non-hydrogen) atoms. The number of carbonyl (C=O) groups excluding carboxylic acids is 1. The smallest absolute Gasteiger partial charge is 0.343 e. The van der Waals surface area contributed by atoms with Crippen LogP contribution in [0.3, 0.4) is 0 Å². The van der Waals surface area contributed by atoms with Gasteiger partial charge in [0.05, 0.1) is 24.1 Å². The van der Waals surface area contributed by atoms with Crippen LogP contribution in [0.15, 0.2) is 50.9 Å². The molecule has 2 aliphatic heterocycles. The Balaban J connectivity index is 0.953. The van der Waals surface area contributed by atoms with Crippen molar-refractivity contribution in [2.45, 2.75) is 52.1 Å². The van der Waals surface area contributed by atoms with Gasteiger partial charge in [0.2, 0.25) is 5.43 Å². The lowest BCUT2D eigenvalue weighted by Crippen LogP contribution is -2.47. The second-order valence-electron chi connectivity index (χ2n) is 14.5. The summed E-state index contributed by atoms with van der Waals surface area (Å²) in [4.78, 5) is 60.7. The number of unbranched alkanes of at least 4 members (excludes halogenated alkanes) is 1. The fourth-order valence-corrected chi connectivity index (χ4v) is 7.25. The van der Waals surface area contributed by atoms with Gasteiger partial charge in [-0.05, 0) is 75.4 Å². The highest BCUT2D eigenvalue weighted by Gasteiger charge is 2.32. The molecule has 0 amide bonds. The van der Waals surface area contributed by atoms with Gasteiger partial charge >= 0.3 is 11.7 Å². The summed E-state index contributed by atoms with van der Waals surface area (Å²) in [7, 11) is 0. The number of rotatable bonds is 13. The van der Waals surface area contributed by atoms with E-state index in [9.17, 15) is 19.2 Å². The standard InChI is InChI=1S/C39H47F2N7O6/c1-25-5-6-27(21-26(25)2)42-32-23-33(49)47(39(52)43-32)10-4-3-9-44-11-13-46(14-12-44)36-31(40)22-29-35(34(36)41)48(28-7-8-28)24-30(37(29)50)38(51)54-20-17-45-15-18-53-19-16-45/h5-6,21-24,28,42H,3-4,7-20H2,1-2H3,(H,43,52). The van der Waals surface area contributed by atoms with Crippen molar-refractivity contribution in [2.24, 2.45) is 0 Å². The Morgan fingerprint density at radius 3 is 2.33 bits per heavy atom. The van der Waals surface area contributed by atoms with E-state index < -0.39 is 28.7 Å². The zero-order valence-corrected chi connectivity index (χ0v) is 30.8. The first-order chi connectivity index (χ1) is 26.1. The van der Waals surface area contributed by atoms with E-state index in [0.717, 1.165) is 55.2 Å². The van der Waals surface area contributed by atoms with Gasteiger partial charge in [-0.25, -0.2) is 18.4 Å². The monoisotopic (exact) mass is 747 g/mol. The molecule has 0 spiro atoms. The fraction of sp³-hybridized carbons (Fsp3) is 0.487. The van der Waals surface area contributed by atoms with Gasteiger partial charge in [-0.2, -0.15) is 0 Å². The summed E-state index contributed by atoms with van der Waals surface area (Å²) in [6, 6.07) is 8.15. The number of aromatic amines is 1.